The summed E-state index contributed by atoms with van der Waals surface area (Å²) in [5.41, 5.74) is 2.45. The van der Waals surface area contributed by atoms with Gasteiger partial charge in [-0.05, 0) is 60.3 Å². The highest BCUT2D eigenvalue weighted by Gasteiger charge is 2.16. The maximum Gasteiger partial charge on any atom is 0.342 e. The fraction of sp³-hybridized carbons (Fsp3) is 0.0435. The zero-order chi connectivity index (χ0) is 22.7. The standard InChI is InChI=1S/C23H14Cl3NO4S/c24-15-7-8-19(30-12-13-5-6-16(25)11-17(13)26)14(9-15)10-21(22(28)29)32-23-27-18-3-1-2-4-20(18)31-23/h1-11H,12H2,(H,28,29)/b21-10-. The number of thioether (sulfide) groups is 1. The second-order valence-corrected chi connectivity index (χ2v) is 8.84. The third-order valence-corrected chi connectivity index (χ3v) is 6.02. The SMILES string of the molecule is O=C(O)/C(=C/c1cc(Cl)ccc1OCc1ccc(Cl)cc1Cl)Sc1nc2ccccc2o1. The summed E-state index contributed by atoms with van der Waals surface area (Å²) in [6, 6.07) is 17.3. The van der Waals surface area contributed by atoms with Crippen LogP contribution in [0.2, 0.25) is 15.1 Å². The molecule has 0 amide bonds. The van der Waals surface area contributed by atoms with Gasteiger partial charge in [-0.3, -0.25) is 0 Å². The summed E-state index contributed by atoms with van der Waals surface area (Å²) < 4.78 is 11.5. The summed E-state index contributed by atoms with van der Waals surface area (Å²) in [6.07, 6.45) is 1.46. The van der Waals surface area contributed by atoms with Gasteiger partial charge in [-0.2, -0.15) is 0 Å². The zero-order valence-electron chi connectivity index (χ0n) is 16.2. The summed E-state index contributed by atoms with van der Waals surface area (Å²) in [7, 11) is 0. The Kier molecular flexibility index (Phi) is 6.96. The molecule has 9 heteroatoms. The molecule has 0 unspecified atom stereocenters. The van der Waals surface area contributed by atoms with Gasteiger partial charge in [-0.1, -0.05) is 53.0 Å². The smallest absolute Gasteiger partial charge is 0.342 e. The molecule has 0 saturated carbocycles. The number of nitrogens with zero attached hydrogens (tertiary/aromatic N) is 1. The van der Waals surface area contributed by atoms with E-state index in [0.29, 0.717) is 37.5 Å². The first-order valence-corrected chi connectivity index (χ1v) is 11.2. The molecule has 0 aliphatic rings. The lowest BCUT2D eigenvalue weighted by Crippen LogP contribution is -2.00. The third kappa shape index (κ3) is 5.40. The summed E-state index contributed by atoms with van der Waals surface area (Å²) >= 11 is 19.2. The number of benzene rings is 3. The Morgan fingerprint density at radius 2 is 1.81 bits per heavy atom. The molecule has 0 aliphatic carbocycles. The van der Waals surface area contributed by atoms with Gasteiger partial charge >= 0.3 is 5.97 Å². The van der Waals surface area contributed by atoms with Crippen LogP contribution in [0.5, 0.6) is 5.75 Å². The van der Waals surface area contributed by atoms with Crippen molar-refractivity contribution in [2.24, 2.45) is 0 Å². The number of hydrogen-bond acceptors (Lipinski definition) is 5. The number of halogens is 3. The highest BCUT2D eigenvalue weighted by atomic mass is 35.5. The van der Waals surface area contributed by atoms with Gasteiger partial charge in [0.2, 0.25) is 0 Å². The number of carboxylic acid groups (broad SMARTS) is 1. The van der Waals surface area contributed by atoms with Gasteiger partial charge in [0.05, 0.1) is 0 Å². The van der Waals surface area contributed by atoms with Crippen LogP contribution in [0.15, 0.2) is 75.2 Å². The largest absolute Gasteiger partial charge is 0.488 e. The molecular weight excluding hydrogens is 493 g/mol. The van der Waals surface area contributed by atoms with Crippen molar-refractivity contribution in [2.45, 2.75) is 11.8 Å². The summed E-state index contributed by atoms with van der Waals surface area (Å²) in [6.45, 7) is 0.166. The molecule has 32 heavy (non-hydrogen) atoms. The number of carbonyl (C=O) groups is 1. The highest BCUT2D eigenvalue weighted by molar-refractivity contribution is 8.03. The number of rotatable bonds is 7. The first-order chi connectivity index (χ1) is 15.4. The van der Waals surface area contributed by atoms with E-state index in [1.165, 1.54) is 6.08 Å². The van der Waals surface area contributed by atoms with E-state index >= 15 is 0 Å². The Bertz CT molecular complexity index is 1300. The van der Waals surface area contributed by atoms with E-state index in [2.05, 4.69) is 4.98 Å². The van der Waals surface area contributed by atoms with Crippen LogP contribution in [0.3, 0.4) is 0 Å². The number of para-hydroxylation sites is 2. The van der Waals surface area contributed by atoms with Crippen molar-refractivity contribution >= 4 is 69.7 Å². The van der Waals surface area contributed by atoms with Gasteiger partial charge in [0.1, 0.15) is 22.8 Å². The van der Waals surface area contributed by atoms with E-state index < -0.39 is 5.97 Å². The number of aromatic nitrogens is 1. The molecule has 3 aromatic carbocycles. The van der Waals surface area contributed by atoms with E-state index in [1.807, 2.05) is 12.1 Å². The zero-order valence-corrected chi connectivity index (χ0v) is 19.3. The molecule has 0 spiro atoms. The van der Waals surface area contributed by atoms with Gasteiger partial charge in [0.25, 0.3) is 5.22 Å². The fourth-order valence-corrected chi connectivity index (χ4v) is 4.20. The quantitative estimate of drug-likeness (QED) is 0.206. The van der Waals surface area contributed by atoms with Crippen LogP contribution in [0, 0.1) is 0 Å². The first-order valence-electron chi connectivity index (χ1n) is 9.24. The van der Waals surface area contributed by atoms with Crippen LogP contribution < -0.4 is 4.74 Å². The first kappa shape index (κ1) is 22.6. The molecule has 5 nitrogen and oxygen atoms in total. The summed E-state index contributed by atoms with van der Waals surface area (Å²) in [5.74, 6) is -0.693. The molecule has 0 radical (unpaired) electrons. The highest BCUT2D eigenvalue weighted by Crippen LogP contribution is 2.34. The van der Waals surface area contributed by atoms with Crippen molar-refractivity contribution in [1.29, 1.82) is 0 Å². The predicted octanol–water partition coefficient (Wildman–Crippen LogP) is 7.58. The average Bonchev–Trinajstić information content (AvgIpc) is 3.16. The second-order valence-electron chi connectivity index (χ2n) is 6.57. The fourth-order valence-electron chi connectivity index (χ4n) is 2.82. The maximum atomic E-state index is 11.9. The Labute approximate surface area is 202 Å². The molecule has 0 aliphatic heterocycles. The summed E-state index contributed by atoms with van der Waals surface area (Å²) in [5, 5.41) is 11.4. The monoisotopic (exact) mass is 505 g/mol. The molecule has 0 bridgehead atoms. The van der Waals surface area contributed by atoms with E-state index in [4.69, 9.17) is 44.0 Å². The normalized spacial score (nSPS) is 11.7. The lowest BCUT2D eigenvalue weighted by Gasteiger charge is -2.12. The number of carboxylic acids is 1. The molecule has 1 N–H and O–H groups in total. The van der Waals surface area contributed by atoms with Crippen molar-refractivity contribution in [3.05, 3.63) is 91.8 Å². The van der Waals surface area contributed by atoms with Crippen molar-refractivity contribution in [1.82, 2.24) is 4.98 Å². The summed E-state index contributed by atoms with van der Waals surface area (Å²) in [4.78, 5) is 16.2. The van der Waals surface area contributed by atoms with Gasteiger partial charge in [0.15, 0.2) is 5.58 Å². The number of ether oxygens (including phenoxy) is 1. The number of oxazole rings is 1. The number of aliphatic carboxylic acids is 1. The third-order valence-electron chi connectivity index (χ3n) is 4.34. The minimum absolute atomic E-state index is 0.00630. The van der Waals surface area contributed by atoms with Crippen LogP contribution in [0.25, 0.3) is 17.2 Å². The molecule has 162 valence electrons. The number of fused-ring (bicyclic) bond motifs is 1. The van der Waals surface area contributed by atoms with Crippen molar-refractivity contribution in [3.8, 4) is 5.75 Å². The Hall–Kier alpha value is -2.64. The van der Waals surface area contributed by atoms with E-state index in [-0.39, 0.29) is 16.7 Å². The van der Waals surface area contributed by atoms with E-state index in [9.17, 15) is 9.90 Å². The maximum absolute atomic E-state index is 11.9. The van der Waals surface area contributed by atoms with E-state index in [0.717, 1.165) is 17.3 Å². The molecule has 0 atom stereocenters. The Morgan fingerprint density at radius 3 is 2.56 bits per heavy atom. The van der Waals surface area contributed by atoms with Crippen molar-refractivity contribution < 1.29 is 19.1 Å². The lowest BCUT2D eigenvalue weighted by atomic mass is 10.2. The van der Waals surface area contributed by atoms with Gasteiger partial charge in [-0.15, -0.1) is 0 Å². The average molecular weight is 507 g/mol. The van der Waals surface area contributed by atoms with Crippen LogP contribution in [0.4, 0.5) is 0 Å². The topological polar surface area (TPSA) is 72.6 Å². The van der Waals surface area contributed by atoms with Gasteiger partial charge < -0.3 is 14.3 Å². The minimum Gasteiger partial charge on any atom is -0.488 e. The molecule has 0 fully saturated rings. The Balaban J connectivity index is 1.62. The number of hydrogen-bond donors (Lipinski definition) is 1. The second kappa shape index (κ2) is 9.88. The predicted molar refractivity (Wildman–Crippen MR) is 128 cm³/mol. The molecule has 4 rings (SSSR count). The molecule has 0 saturated heterocycles. The molecule has 1 heterocycles. The molecule has 4 aromatic rings. The van der Waals surface area contributed by atoms with Crippen molar-refractivity contribution in [2.75, 3.05) is 0 Å². The van der Waals surface area contributed by atoms with Gasteiger partial charge in [-0.25, -0.2) is 9.78 Å². The molecule has 1 aromatic heterocycles. The Morgan fingerprint density at radius 1 is 1.06 bits per heavy atom. The van der Waals surface area contributed by atoms with Gasteiger partial charge in [0, 0.05) is 26.2 Å². The van der Waals surface area contributed by atoms with E-state index in [1.54, 1.807) is 48.5 Å². The molecular formula is C23H14Cl3NO4S. The lowest BCUT2D eigenvalue weighted by molar-refractivity contribution is -0.131. The van der Waals surface area contributed by atoms with Crippen LogP contribution >= 0.6 is 46.6 Å². The van der Waals surface area contributed by atoms with Crippen molar-refractivity contribution in [3.63, 3.8) is 0 Å². The minimum atomic E-state index is -1.14. The van der Waals surface area contributed by atoms with Crippen LogP contribution in [-0.2, 0) is 11.4 Å². The van der Waals surface area contributed by atoms with Crippen LogP contribution in [0.1, 0.15) is 11.1 Å². The van der Waals surface area contributed by atoms with Crippen LogP contribution in [-0.4, -0.2) is 16.1 Å².